The van der Waals surface area contributed by atoms with E-state index in [1.807, 2.05) is 35.8 Å². The number of thiazole rings is 1. The average molecular weight is 434 g/mol. The molecule has 2 N–H and O–H groups in total. The van der Waals surface area contributed by atoms with Crippen LogP contribution in [0.4, 0.5) is 0 Å². The lowest BCUT2D eigenvalue weighted by Crippen LogP contribution is -2.26. The molecule has 0 aliphatic heterocycles. The van der Waals surface area contributed by atoms with Crippen molar-refractivity contribution >= 4 is 41.2 Å². The summed E-state index contributed by atoms with van der Waals surface area (Å²) in [5.41, 5.74) is 1.74. The largest absolute Gasteiger partial charge is 0.352 e. The van der Waals surface area contributed by atoms with Crippen molar-refractivity contribution in [1.82, 2.24) is 25.1 Å². The maximum Gasteiger partial charge on any atom is 0.251 e. The molecule has 1 amide bonds. The molecule has 0 atom stereocenters. The molecule has 0 spiro atoms. The molecule has 148 valence electrons. The van der Waals surface area contributed by atoms with E-state index in [0.29, 0.717) is 23.3 Å². The second-order valence-electron chi connectivity index (χ2n) is 6.59. The summed E-state index contributed by atoms with van der Waals surface area (Å²) in [6.07, 6.45) is 0.623. The SMILES string of the molecule is Cc1nc(CSc2ccc(C(=O)NCCc3n[nH]c(=S)n3C(C)C)cc2)cs1. The number of thioether (sulfide) groups is 1. The summed E-state index contributed by atoms with van der Waals surface area (Å²) in [4.78, 5) is 18.0. The van der Waals surface area contributed by atoms with Crippen LogP contribution < -0.4 is 5.32 Å². The van der Waals surface area contributed by atoms with Gasteiger partial charge in [0.05, 0.1) is 10.7 Å². The van der Waals surface area contributed by atoms with Gasteiger partial charge in [0.1, 0.15) is 5.82 Å². The Labute approximate surface area is 177 Å². The van der Waals surface area contributed by atoms with Crippen molar-refractivity contribution in [1.29, 1.82) is 0 Å². The molecule has 3 aromatic rings. The zero-order valence-electron chi connectivity index (χ0n) is 16.1. The Kier molecular flexibility index (Phi) is 7.03. The molecule has 3 rings (SSSR count). The maximum absolute atomic E-state index is 12.4. The van der Waals surface area contributed by atoms with E-state index in [9.17, 15) is 4.79 Å². The molecule has 0 radical (unpaired) electrons. The number of aryl methyl sites for hydroxylation is 1. The number of hydrogen-bond acceptors (Lipinski definition) is 6. The van der Waals surface area contributed by atoms with Gasteiger partial charge in [0, 0.05) is 40.6 Å². The Balaban J connectivity index is 1.50. The van der Waals surface area contributed by atoms with Gasteiger partial charge in [-0.2, -0.15) is 5.10 Å². The normalized spacial score (nSPS) is 11.1. The highest BCUT2D eigenvalue weighted by Gasteiger charge is 2.10. The number of aromatic amines is 1. The molecule has 0 aliphatic carbocycles. The lowest BCUT2D eigenvalue weighted by atomic mass is 10.2. The predicted octanol–water partition coefficient (Wildman–Crippen LogP) is 4.55. The van der Waals surface area contributed by atoms with E-state index >= 15 is 0 Å². The van der Waals surface area contributed by atoms with Gasteiger partial charge in [-0.15, -0.1) is 23.1 Å². The number of H-pyrrole nitrogens is 1. The van der Waals surface area contributed by atoms with Crippen LogP contribution in [-0.4, -0.2) is 32.2 Å². The van der Waals surface area contributed by atoms with Crippen LogP contribution in [-0.2, 0) is 12.2 Å². The monoisotopic (exact) mass is 433 g/mol. The minimum atomic E-state index is -0.0862. The lowest BCUT2D eigenvalue weighted by molar-refractivity contribution is 0.0954. The third kappa shape index (κ3) is 5.30. The second-order valence-corrected chi connectivity index (χ2v) is 9.08. The Hall–Kier alpha value is -1.97. The van der Waals surface area contributed by atoms with Gasteiger partial charge in [-0.05, 0) is 57.3 Å². The highest BCUT2D eigenvalue weighted by Crippen LogP contribution is 2.23. The fraction of sp³-hybridized carbons (Fsp3) is 0.368. The fourth-order valence-corrected chi connectivity index (χ4v) is 4.64. The van der Waals surface area contributed by atoms with Gasteiger partial charge in [-0.3, -0.25) is 9.89 Å². The van der Waals surface area contributed by atoms with Crippen LogP contribution in [0.1, 0.15) is 46.8 Å². The number of hydrogen-bond donors (Lipinski definition) is 2. The molecule has 0 saturated heterocycles. The highest BCUT2D eigenvalue weighted by molar-refractivity contribution is 7.98. The number of carbonyl (C=O) groups is 1. The summed E-state index contributed by atoms with van der Waals surface area (Å²) in [5.74, 6) is 1.60. The van der Waals surface area contributed by atoms with Crippen molar-refractivity contribution in [3.63, 3.8) is 0 Å². The topological polar surface area (TPSA) is 75.6 Å². The van der Waals surface area contributed by atoms with Gasteiger partial charge in [0.25, 0.3) is 5.91 Å². The third-order valence-electron chi connectivity index (χ3n) is 4.10. The fourth-order valence-electron chi connectivity index (χ4n) is 2.77. The Morgan fingerprint density at radius 3 is 2.75 bits per heavy atom. The zero-order chi connectivity index (χ0) is 20.1. The van der Waals surface area contributed by atoms with Crippen LogP contribution in [0.3, 0.4) is 0 Å². The van der Waals surface area contributed by atoms with Crippen molar-refractivity contribution in [3.8, 4) is 0 Å². The van der Waals surface area contributed by atoms with E-state index in [2.05, 4.69) is 39.7 Å². The Bertz CT molecular complexity index is 988. The molecule has 28 heavy (non-hydrogen) atoms. The first kappa shape index (κ1) is 20.8. The quantitative estimate of drug-likeness (QED) is 0.403. The number of rotatable bonds is 8. The van der Waals surface area contributed by atoms with E-state index in [0.717, 1.165) is 27.2 Å². The van der Waals surface area contributed by atoms with Crippen LogP contribution in [0.15, 0.2) is 34.5 Å². The summed E-state index contributed by atoms with van der Waals surface area (Å²) in [6.45, 7) is 6.63. The number of nitrogens with zero attached hydrogens (tertiary/aromatic N) is 3. The molecular formula is C19H23N5OS3. The lowest BCUT2D eigenvalue weighted by Gasteiger charge is -2.10. The number of benzene rings is 1. The van der Waals surface area contributed by atoms with Crippen molar-refractivity contribution in [2.45, 2.75) is 43.9 Å². The first-order chi connectivity index (χ1) is 13.4. The van der Waals surface area contributed by atoms with Crippen LogP contribution in [0.2, 0.25) is 0 Å². The molecule has 2 heterocycles. The molecule has 2 aromatic heterocycles. The first-order valence-corrected chi connectivity index (χ1v) is 11.3. The van der Waals surface area contributed by atoms with Crippen molar-refractivity contribution < 1.29 is 4.79 Å². The molecule has 0 saturated carbocycles. The molecule has 6 nitrogen and oxygen atoms in total. The van der Waals surface area contributed by atoms with Gasteiger partial charge < -0.3 is 9.88 Å². The average Bonchev–Trinajstić information content (AvgIpc) is 3.25. The molecule has 0 fully saturated rings. The number of nitrogens with one attached hydrogen (secondary N) is 2. The molecular weight excluding hydrogens is 410 g/mol. The Morgan fingerprint density at radius 2 is 2.11 bits per heavy atom. The molecule has 1 aromatic carbocycles. The van der Waals surface area contributed by atoms with Crippen LogP contribution in [0.25, 0.3) is 0 Å². The predicted molar refractivity (Wildman–Crippen MR) is 117 cm³/mol. The van der Waals surface area contributed by atoms with Crippen LogP contribution in [0, 0.1) is 11.7 Å². The number of aromatic nitrogens is 4. The van der Waals surface area contributed by atoms with Gasteiger partial charge in [0.15, 0.2) is 4.77 Å². The van der Waals surface area contributed by atoms with Crippen LogP contribution in [0.5, 0.6) is 0 Å². The van der Waals surface area contributed by atoms with E-state index in [4.69, 9.17) is 12.2 Å². The van der Waals surface area contributed by atoms with E-state index < -0.39 is 0 Å². The first-order valence-electron chi connectivity index (χ1n) is 9.02. The zero-order valence-corrected chi connectivity index (χ0v) is 18.5. The summed E-state index contributed by atoms with van der Waals surface area (Å²) in [7, 11) is 0. The van der Waals surface area contributed by atoms with Gasteiger partial charge in [-0.25, -0.2) is 4.98 Å². The minimum Gasteiger partial charge on any atom is -0.352 e. The van der Waals surface area contributed by atoms with E-state index in [-0.39, 0.29) is 11.9 Å². The van der Waals surface area contributed by atoms with Crippen LogP contribution >= 0.6 is 35.3 Å². The van der Waals surface area contributed by atoms with Crippen molar-refractivity contribution in [3.05, 3.63) is 56.5 Å². The van der Waals surface area contributed by atoms with Crippen molar-refractivity contribution in [2.24, 2.45) is 0 Å². The minimum absolute atomic E-state index is 0.0862. The van der Waals surface area contributed by atoms with Crippen molar-refractivity contribution in [2.75, 3.05) is 6.54 Å². The van der Waals surface area contributed by atoms with E-state index in [1.54, 1.807) is 23.1 Å². The third-order valence-corrected chi connectivity index (χ3v) is 6.25. The standard InChI is InChI=1S/C19H23N5OS3/c1-12(2)24-17(22-23-19(24)26)8-9-20-18(25)14-4-6-16(7-5-14)28-11-15-10-27-13(3)21-15/h4-7,10,12H,8-9,11H2,1-3H3,(H,20,25)(H,23,26). The molecule has 9 heteroatoms. The van der Waals surface area contributed by atoms with Gasteiger partial charge in [-0.1, -0.05) is 0 Å². The Morgan fingerprint density at radius 1 is 1.36 bits per heavy atom. The number of amides is 1. The molecule has 0 unspecified atom stereocenters. The molecule has 0 bridgehead atoms. The summed E-state index contributed by atoms with van der Waals surface area (Å²) < 4.78 is 2.58. The second kappa shape index (κ2) is 9.49. The highest BCUT2D eigenvalue weighted by atomic mass is 32.2. The summed E-state index contributed by atoms with van der Waals surface area (Å²) >= 11 is 8.63. The molecule has 0 aliphatic rings. The summed E-state index contributed by atoms with van der Waals surface area (Å²) in [6, 6.07) is 7.89. The van der Waals surface area contributed by atoms with E-state index in [1.165, 1.54) is 0 Å². The number of carbonyl (C=O) groups excluding carboxylic acids is 1. The maximum atomic E-state index is 12.4. The summed E-state index contributed by atoms with van der Waals surface area (Å²) in [5, 5.41) is 13.2. The smallest absolute Gasteiger partial charge is 0.251 e. The van der Waals surface area contributed by atoms with Gasteiger partial charge in [0.2, 0.25) is 0 Å². The van der Waals surface area contributed by atoms with Gasteiger partial charge >= 0.3 is 0 Å².